The zero-order valence-corrected chi connectivity index (χ0v) is 39.3. The Morgan fingerprint density at radius 1 is 0.559 bits per heavy atom. The van der Waals surface area contributed by atoms with Crippen LogP contribution in [0.1, 0.15) is 85.0 Å². The van der Waals surface area contributed by atoms with Gasteiger partial charge in [0, 0.05) is 0 Å². The second kappa shape index (κ2) is 17.1. The first-order valence-electron chi connectivity index (χ1n) is 20.3. The molecule has 0 aliphatic heterocycles. The van der Waals surface area contributed by atoms with Gasteiger partial charge in [0.2, 0.25) is 0 Å². The molecular formula is C55H49Cl3Zr. The Balaban J connectivity index is 0.00000264. The van der Waals surface area contributed by atoms with E-state index in [1.807, 2.05) is 0 Å². The third-order valence-electron chi connectivity index (χ3n) is 11.9. The number of fused-ring (bicyclic) bond motifs is 4. The van der Waals surface area contributed by atoms with Crippen molar-refractivity contribution >= 4 is 25.6 Å². The zero-order chi connectivity index (χ0) is 39.5. The third-order valence-corrected chi connectivity index (χ3v) is 20.5. The molecule has 2 aliphatic carbocycles. The molecule has 0 saturated carbocycles. The van der Waals surface area contributed by atoms with E-state index >= 15 is 0 Å². The summed E-state index contributed by atoms with van der Waals surface area (Å²) < 4.78 is 3.40. The predicted molar refractivity (Wildman–Crippen MR) is 242 cm³/mol. The van der Waals surface area contributed by atoms with Crippen molar-refractivity contribution in [1.82, 2.24) is 0 Å². The number of allylic oxidation sites excluding steroid dienone is 4. The smallest absolute Gasteiger partial charge is 1.00 e. The molecule has 4 heteroatoms. The van der Waals surface area contributed by atoms with Crippen LogP contribution in [0.15, 0.2) is 173 Å². The Bertz CT molecular complexity index is 2650. The Kier molecular flexibility index (Phi) is 12.5. The van der Waals surface area contributed by atoms with Crippen LogP contribution in [0.4, 0.5) is 0 Å². The predicted octanol–water partition coefficient (Wildman–Crippen LogP) is 9.23. The summed E-state index contributed by atoms with van der Waals surface area (Å²) in [4.78, 5) is 0. The van der Waals surface area contributed by atoms with Gasteiger partial charge in [-0.3, -0.25) is 0 Å². The van der Waals surface area contributed by atoms with Gasteiger partial charge >= 0.3 is 354 Å². The van der Waals surface area contributed by atoms with Gasteiger partial charge in [0.05, 0.1) is 0 Å². The van der Waals surface area contributed by atoms with E-state index in [2.05, 4.69) is 211 Å². The minimum atomic E-state index is -3.09. The molecule has 0 atom stereocenters. The average Bonchev–Trinajstić information content (AvgIpc) is 3.86. The second-order valence-electron chi connectivity index (χ2n) is 17.8. The topological polar surface area (TPSA) is 0 Å². The Labute approximate surface area is 376 Å². The van der Waals surface area contributed by atoms with Crippen LogP contribution in [-0.2, 0) is 32.1 Å². The quantitative estimate of drug-likeness (QED) is 0.156. The van der Waals surface area contributed by atoms with Crippen molar-refractivity contribution in [2.45, 2.75) is 62.4 Å². The molecule has 9 rings (SSSR count). The third kappa shape index (κ3) is 8.10. The van der Waals surface area contributed by atoms with E-state index in [1.54, 1.807) is 3.28 Å². The minimum absolute atomic E-state index is 0. The Hall–Kier alpha value is -4.10. The summed E-state index contributed by atoms with van der Waals surface area (Å²) in [7, 11) is 0. The molecule has 0 N–H and O–H groups in total. The maximum atomic E-state index is 6.66. The number of rotatable bonds is 6. The summed E-state index contributed by atoms with van der Waals surface area (Å²) in [6.07, 6.45) is 8.17. The van der Waals surface area contributed by atoms with Crippen molar-refractivity contribution in [3.63, 3.8) is 0 Å². The van der Waals surface area contributed by atoms with Crippen molar-refractivity contribution < 1.29 is 46.1 Å². The standard InChI is InChI=1S/C33H33.C17H11Cl.C5H5.2ClH.Zr/c1-32(2,3)30-20-26-24(18-28(30)22-13-9-7-10-14-22)17-25-19-29(23-15-11-8-12-16-23)31(21-27(25)26)33(4,5)6;18-16-10-8-13(9-11-16)12-15-6-3-5-14-4-1-2-7-17(14)15;1-2-4-5-3-1;;;/h7-21H,1-6H3;1-11H;1-3H,4H2;2*1H;/q;;;;;+2/p-2. The SMILES string of the molecule is CC(C)(C)c1cc2c(cc1-c1ccccc1)[CH](/[Zr+2]([C]1=CC=CC1)=[C](/c1ccc(Cl)cc1)c1cccc3ccccc13)c1cc(-c3ccccc3)c(C(C)(C)C)cc1-2.[Cl-].[Cl-]. The van der Waals surface area contributed by atoms with E-state index in [4.69, 9.17) is 11.6 Å². The molecule has 0 nitrogen and oxygen atoms in total. The number of hydrogen-bond donors (Lipinski definition) is 0. The molecule has 7 aromatic rings. The molecule has 0 unspecified atom stereocenters. The van der Waals surface area contributed by atoms with Crippen LogP contribution in [0.2, 0.25) is 5.02 Å². The molecule has 0 amide bonds. The fourth-order valence-electron chi connectivity index (χ4n) is 9.26. The van der Waals surface area contributed by atoms with E-state index in [9.17, 15) is 0 Å². The zero-order valence-electron chi connectivity index (χ0n) is 34.6. The summed E-state index contributed by atoms with van der Waals surface area (Å²) >= 11 is 3.57. The maximum absolute atomic E-state index is 6.66. The van der Waals surface area contributed by atoms with Crippen LogP contribution in [0.3, 0.4) is 0 Å². The van der Waals surface area contributed by atoms with Gasteiger partial charge in [-0.1, -0.05) is 0 Å². The second-order valence-corrected chi connectivity index (χ2v) is 24.5. The van der Waals surface area contributed by atoms with Gasteiger partial charge < -0.3 is 24.8 Å². The van der Waals surface area contributed by atoms with Gasteiger partial charge in [0.1, 0.15) is 0 Å². The van der Waals surface area contributed by atoms with Gasteiger partial charge in [-0.25, -0.2) is 0 Å². The monoisotopic (exact) mass is 904 g/mol. The van der Waals surface area contributed by atoms with Crippen molar-refractivity contribution in [2.24, 2.45) is 0 Å². The molecule has 0 heterocycles. The molecule has 2 aliphatic rings. The Morgan fingerprint density at radius 2 is 1.07 bits per heavy atom. The normalized spacial score (nSPS) is 13.6. The van der Waals surface area contributed by atoms with Crippen LogP contribution in [0, 0.1) is 0 Å². The van der Waals surface area contributed by atoms with Crippen LogP contribution in [0.25, 0.3) is 44.2 Å². The molecule has 7 aromatic carbocycles. The largest absolute Gasteiger partial charge is 1.00 e. The first-order chi connectivity index (χ1) is 27.5. The molecule has 0 radical (unpaired) electrons. The van der Waals surface area contributed by atoms with Crippen molar-refractivity contribution in [2.75, 3.05) is 0 Å². The van der Waals surface area contributed by atoms with Gasteiger partial charge in [0.25, 0.3) is 0 Å². The van der Waals surface area contributed by atoms with E-state index in [0.717, 1.165) is 11.4 Å². The van der Waals surface area contributed by atoms with Gasteiger partial charge in [-0.15, -0.1) is 0 Å². The van der Waals surface area contributed by atoms with E-state index < -0.39 is 21.3 Å². The summed E-state index contributed by atoms with van der Waals surface area (Å²) in [6.45, 7) is 14.2. The van der Waals surface area contributed by atoms with E-state index in [0.29, 0.717) is 0 Å². The van der Waals surface area contributed by atoms with E-state index in [-0.39, 0.29) is 39.3 Å². The van der Waals surface area contributed by atoms with Crippen molar-refractivity contribution in [1.29, 1.82) is 0 Å². The maximum Gasteiger partial charge on any atom is -1.00 e. The molecule has 294 valence electrons. The van der Waals surface area contributed by atoms with Crippen LogP contribution >= 0.6 is 11.6 Å². The number of benzene rings is 7. The van der Waals surface area contributed by atoms with Crippen LogP contribution in [-0.4, -0.2) is 3.21 Å². The van der Waals surface area contributed by atoms with Gasteiger partial charge in [0.15, 0.2) is 0 Å². The van der Waals surface area contributed by atoms with Crippen LogP contribution < -0.4 is 24.8 Å². The molecule has 0 bridgehead atoms. The molecule has 0 spiro atoms. The van der Waals surface area contributed by atoms with Crippen molar-refractivity contribution in [3.05, 3.63) is 212 Å². The summed E-state index contributed by atoms with van der Waals surface area (Å²) in [5.74, 6) is 0. The van der Waals surface area contributed by atoms with E-state index in [1.165, 1.54) is 80.7 Å². The minimum Gasteiger partial charge on any atom is -1.00 e. The first-order valence-corrected chi connectivity index (χ1v) is 24.6. The summed E-state index contributed by atoms with van der Waals surface area (Å²) in [6, 6.07) is 57.2. The first kappa shape index (κ1) is 43.0. The molecule has 59 heavy (non-hydrogen) atoms. The van der Waals surface area contributed by atoms with Crippen molar-refractivity contribution in [3.8, 4) is 33.4 Å². The van der Waals surface area contributed by atoms with Crippen LogP contribution in [0.5, 0.6) is 0 Å². The molecule has 0 aromatic heterocycles. The number of hydrogen-bond acceptors (Lipinski definition) is 0. The molecule has 0 saturated heterocycles. The fourth-order valence-corrected chi connectivity index (χ4v) is 18.4. The summed E-state index contributed by atoms with van der Waals surface area (Å²) in [5, 5.41) is 3.36. The summed E-state index contributed by atoms with van der Waals surface area (Å²) in [5.41, 5.74) is 16.4. The van der Waals surface area contributed by atoms with Gasteiger partial charge in [-0.2, -0.15) is 0 Å². The average molecular weight is 908 g/mol. The molecule has 0 fully saturated rings. The Morgan fingerprint density at radius 3 is 1.58 bits per heavy atom. The van der Waals surface area contributed by atoms with Gasteiger partial charge in [-0.05, 0) is 0 Å². The molecular weight excluding hydrogens is 858 g/mol. The number of halogens is 3. The fraction of sp³-hybridized carbons (Fsp3) is 0.182.